The van der Waals surface area contributed by atoms with Crippen LogP contribution in [0.25, 0.3) is 0 Å². The van der Waals surface area contributed by atoms with E-state index in [9.17, 15) is 9.18 Å². The number of hydrogen-bond acceptors (Lipinski definition) is 2. The molecule has 1 aromatic carbocycles. The molecular formula is C15H20ClFN2O. The summed E-state index contributed by atoms with van der Waals surface area (Å²) in [6.07, 6.45) is 2.09. The lowest BCUT2D eigenvalue weighted by Crippen LogP contribution is -2.49. The highest BCUT2D eigenvalue weighted by Crippen LogP contribution is 2.21. The van der Waals surface area contributed by atoms with Crippen LogP contribution in [0.4, 0.5) is 4.39 Å². The highest BCUT2D eigenvalue weighted by atomic mass is 35.5. The average molecular weight is 299 g/mol. The van der Waals surface area contributed by atoms with Crippen LogP contribution >= 0.6 is 11.6 Å². The van der Waals surface area contributed by atoms with Crippen LogP contribution < -0.4 is 5.32 Å². The molecule has 0 spiro atoms. The van der Waals surface area contributed by atoms with Gasteiger partial charge in [-0.1, -0.05) is 17.7 Å². The molecule has 1 amide bonds. The molecule has 1 N–H and O–H groups in total. The minimum absolute atomic E-state index is 0.0237. The third-order valence-electron chi connectivity index (χ3n) is 3.76. The molecule has 1 aliphatic rings. The first-order chi connectivity index (χ1) is 9.63. The molecule has 0 aromatic heterocycles. The Bertz CT molecular complexity index is 455. The van der Waals surface area contributed by atoms with Gasteiger partial charge >= 0.3 is 0 Å². The van der Waals surface area contributed by atoms with E-state index in [0.717, 1.165) is 25.9 Å². The van der Waals surface area contributed by atoms with Gasteiger partial charge in [-0.25, -0.2) is 4.39 Å². The highest BCUT2D eigenvalue weighted by molar-refractivity contribution is 6.31. The zero-order chi connectivity index (χ0) is 14.5. The van der Waals surface area contributed by atoms with Crippen molar-refractivity contribution in [3.8, 4) is 0 Å². The minimum atomic E-state index is -0.413. The van der Waals surface area contributed by atoms with Crippen LogP contribution in [0.1, 0.15) is 25.3 Å². The number of carbonyl (C=O) groups excluding carboxylic acids is 1. The van der Waals surface area contributed by atoms with Crippen molar-refractivity contribution in [3.05, 3.63) is 34.6 Å². The standard InChI is InChI=1S/C15H20ClFN2O/c1-2-19(11-5-4-8-18-10-11)15(20)9-12-13(16)6-3-7-14(12)17/h3,6-7,11,18H,2,4-5,8-10H2,1H3. The van der Waals surface area contributed by atoms with Crippen LogP contribution in [0.2, 0.25) is 5.02 Å². The number of likely N-dealkylation sites (N-methyl/N-ethyl adjacent to an activating group) is 1. The van der Waals surface area contributed by atoms with Crippen LogP contribution in [-0.2, 0) is 11.2 Å². The van der Waals surface area contributed by atoms with Gasteiger partial charge in [0.2, 0.25) is 5.91 Å². The second-order valence-corrected chi connectivity index (χ2v) is 5.46. The van der Waals surface area contributed by atoms with E-state index in [2.05, 4.69) is 5.32 Å². The lowest BCUT2D eigenvalue weighted by atomic mass is 10.0. The smallest absolute Gasteiger partial charge is 0.227 e. The number of piperidine rings is 1. The Morgan fingerprint density at radius 3 is 2.95 bits per heavy atom. The normalized spacial score (nSPS) is 18.9. The Morgan fingerprint density at radius 2 is 2.35 bits per heavy atom. The Kier molecular flexibility index (Phi) is 5.38. The number of nitrogens with zero attached hydrogens (tertiary/aromatic N) is 1. The van der Waals surface area contributed by atoms with Gasteiger partial charge in [0, 0.05) is 29.7 Å². The third kappa shape index (κ3) is 3.49. The van der Waals surface area contributed by atoms with Gasteiger partial charge in [-0.2, -0.15) is 0 Å². The molecule has 110 valence electrons. The summed E-state index contributed by atoms with van der Waals surface area (Å²) in [5.41, 5.74) is 0.293. The molecule has 0 bridgehead atoms. The first-order valence-electron chi connectivity index (χ1n) is 7.06. The molecule has 0 saturated carbocycles. The summed E-state index contributed by atoms with van der Waals surface area (Å²) in [5, 5.41) is 3.61. The number of nitrogens with one attached hydrogen (secondary N) is 1. The Hall–Kier alpha value is -1.13. The van der Waals surface area contributed by atoms with Gasteiger partial charge in [0.1, 0.15) is 5.82 Å². The highest BCUT2D eigenvalue weighted by Gasteiger charge is 2.25. The number of rotatable bonds is 4. The topological polar surface area (TPSA) is 32.3 Å². The molecule has 5 heteroatoms. The molecule has 1 heterocycles. The maximum absolute atomic E-state index is 13.8. The van der Waals surface area contributed by atoms with Crippen LogP contribution in [0.15, 0.2) is 18.2 Å². The number of hydrogen-bond donors (Lipinski definition) is 1. The van der Waals surface area contributed by atoms with Crippen molar-refractivity contribution in [1.82, 2.24) is 10.2 Å². The first-order valence-corrected chi connectivity index (χ1v) is 7.44. The van der Waals surface area contributed by atoms with E-state index < -0.39 is 5.82 Å². The van der Waals surface area contributed by atoms with E-state index in [1.807, 2.05) is 11.8 Å². The van der Waals surface area contributed by atoms with Crippen molar-refractivity contribution in [2.24, 2.45) is 0 Å². The number of amides is 1. The number of halogens is 2. The van der Waals surface area contributed by atoms with Gasteiger partial charge < -0.3 is 10.2 Å². The van der Waals surface area contributed by atoms with Crippen LogP contribution in [0.3, 0.4) is 0 Å². The fraction of sp³-hybridized carbons (Fsp3) is 0.533. The van der Waals surface area contributed by atoms with E-state index in [-0.39, 0.29) is 18.4 Å². The summed E-state index contributed by atoms with van der Waals surface area (Å²) in [6, 6.07) is 4.71. The predicted molar refractivity (Wildman–Crippen MR) is 78.4 cm³/mol. The molecule has 1 unspecified atom stereocenters. The van der Waals surface area contributed by atoms with Crippen molar-refractivity contribution in [3.63, 3.8) is 0 Å². The van der Waals surface area contributed by atoms with Gasteiger partial charge in [0.05, 0.1) is 6.42 Å². The monoisotopic (exact) mass is 298 g/mol. The van der Waals surface area contributed by atoms with E-state index in [1.54, 1.807) is 12.1 Å². The van der Waals surface area contributed by atoms with Crippen molar-refractivity contribution < 1.29 is 9.18 Å². The average Bonchev–Trinajstić information content (AvgIpc) is 2.45. The summed E-state index contributed by atoms with van der Waals surface area (Å²) in [6.45, 7) is 4.40. The second-order valence-electron chi connectivity index (χ2n) is 5.06. The lowest BCUT2D eigenvalue weighted by Gasteiger charge is -2.34. The molecule has 1 aliphatic heterocycles. The zero-order valence-corrected chi connectivity index (χ0v) is 12.4. The number of benzene rings is 1. The summed E-state index contributed by atoms with van der Waals surface area (Å²) in [7, 11) is 0. The molecule has 20 heavy (non-hydrogen) atoms. The van der Waals surface area contributed by atoms with Gasteiger partial charge in [-0.3, -0.25) is 4.79 Å². The minimum Gasteiger partial charge on any atom is -0.338 e. The van der Waals surface area contributed by atoms with Crippen molar-refractivity contribution in [2.75, 3.05) is 19.6 Å². The molecule has 1 aromatic rings. The fourth-order valence-electron chi connectivity index (χ4n) is 2.69. The van der Waals surface area contributed by atoms with Gasteiger partial charge in [-0.15, -0.1) is 0 Å². The maximum atomic E-state index is 13.8. The van der Waals surface area contributed by atoms with E-state index in [1.165, 1.54) is 6.07 Å². The zero-order valence-electron chi connectivity index (χ0n) is 11.7. The van der Waals surface area contributed by atoms with Gasteiger partial charge in [0.15, 0.2) is 0 Å². The Labute approximate surface area is 124 Å². The van der Waals surface area contributed by atoms with Crippen molar-refractivity contribution in [2.45, 2.75) is 32.2 Å². The fourth-order valence-corrected chi connectivity index (χ4v) is 2.92. The molecule has 1 fully saturated rings. The van der Waals surface area contributed by atoms with Gasteiger partial charge in [-0.05, 0) is 38.4 Å². The van der Waals surface area contributed by atoms with Gasteiger partial charge in [0.25, 0.3) is 0 Å². The van der Waals surface area contributed by atoms with E-state index >= 15 is 0 Å². The first kappa shape index (κ1) is 15.3. The Balaban J connectivity index is 2.09. The molecule has 2 rings (SSSR count). The molecular weight excluding hydrogens is 279 g/mol. The van der Waals surface area contributed by atoms with Crippen LogP contribution in [-0.4, -0.2) is 36.5 Å². The third-order valence-corrected chi connectivity index (χ3v) is 4.12. The van der Waals surface area contributed by atoms with Crippen LogP contribution in [0, 0.1) is 5.82 Å². The molecule has 1 saturated heterocycles. The summed E-state index contributed by atoms with van der Waals surface area (Å²) in [5.74, 6) is -0.475. The van der Waals surface area contributed by atoms with Crippen molar-refractivity contribution in [1.29, 1.82) is 0 Å². The molecule has 0 radical (unpaired) electrons. The maximum Gasteiger partial charge on any atom is 0.227 e. The lowest BCUT2D eigenvalue weighted by molar-refractivity contribution is -0.133. The second kappa shape index (κ2) is 7.04. The molecule has 3 nitrogen and oxygen atoms in total. The predicted octanol–water partition coefficient (Wildman–Crippen LogP) is 2.62. The summed E-state index contributed by atoms with van der Waals surface area (Å²) in [4.78, 5) is 14.2. The van der Waals surface area contributed by atoms with E-state index in [4.69, 9.17) is 11.6 Å². The largest absolute Gasteiger partial charge is 0.338 e. The van der Waals surface area contributed by atoms with E-state index in [0.29, 0.717) is 17.1 Å². The van der Waals surface area contributed by atoms with Crippen molar-refractivity contribution >= 4 is 17.5 Å². The van der Waals surface area contributed by atoms with Crippen LogP contribution in [0.5, 0.6) is 0 Å². The summed E-state index contributed by atoms with van der Waals surface area (Å²) >= 11 is 5.98. The Morgan fingerprint density at radius 1 is 1.55 bits per heavy atom. The SMILES string of the molecule is CCN(C(=O)Cc1c(F)cccc1Cl)C1CCCNC1. The number of carbonyl (C=O) groups is 1. The quantitative estimate of drug-likeness (QED) is 0.927. The molecule has 0 aliphatic carbocycles. The summed E-state index contributed by atoms with van der Waals surface area (Å²) < 4.78 is 13.8. The molecule has 1 atom stereocenters.